The summed E-state index contributed by atoms with van der Waals surface area (Å²) in [5.74, 6) is -0.235. The number of aromatic nitrogens is 2. The van der Waals surface area contributed by atoms with Crippen molar-refractivity contribution < 1.29 is 14.6 Å². The number of hydrogen-bond acceptors (Lipinski definition) is 3. The van der Waals surface area contributed by atoms with Crippen LogP contribution in [0.15, 0.2) is 24.3 Å². The van der Waals surface area contributed by atoms with Crippen molar-refractivity contribution in [1.29, 1.82) is 0 Å². The van der Waals surface area contributed by atoms with Crippen LogP contribution in [-0.4, -0.2) is 20.9 Å². The molecular weight excluding hydrogens is 244 g/mol. The summed E-state index contributed by atoms with van der Waals surface area (Å²) in [5, 5.41) is 13.4. The molecule has 1 N–H and O–H groups in total. The number of nitrogens with zero attached hydrogens (tertiary/aromatic N) is 2. The Morgan fingerprint density at radius 3 is 2.63 bits per heavy atom. The largest absolute Gasteiger partial charge is 0.485 e. The van der Waals surface area contributed by atoms with Crippen LogP contribution in [0.2, 0.25) is 0 Å². The third-order valence-corrected chi connectivity index (χ3v) is 3.06. The maximum atomic E-state index is 11.1. The minimum atomic E-state index is -0.946. The Bertz CT molecular complexity index is 617. The second-order valence-electron chi connectivity index (χ2n) is 4.37. The molecule has 0 fully saturated rings. The zero-order chi connectivity index (χ0) is 14.0. The van der Waals surface area contributed by atoms with Crippen LogP contribution in [0.25, 0.3) is 0 Å². The molecular formula is C14H16N2O3. The van der Waals surface area contributed by atoms with E-state index in [4.69, 9.17) is 9.84 Å². The van der Waals surface area contributed by atoms with E-state index in [1.807, 2.05) is 20.9 Å². The van der Waals surface area contributed by atoms with Crippen molar-refractivity contribution in [2.75, 3.05) is 0 Å². The van der Waals surface area contributed by atoms with Crippen LogP contribution in [0, 0.1) is 13.8 Å². The van der Waals surface area contributed by atoms with Crippen LogP contribution >= 0.6 is 0 Å². The van der Waals surface area contributed by atoms with E-state index in [1.54, 1.807) is 28.9 Å². The van der Waals surface area contributed by atoms with E-state index in [2.05, 4.69) is 5.10 Å². The zero-order valence-electron chi connectivity index (χ0n) is 11.2. The third-order valence-electron chi connectivity index (χ3n) is 3.06. The van der Waals surface area contributed by atoms with Gasteiger partial charge < -0.3 is 9.84 Å². The predicted octanol–water partition coefficient (Wildman–Crippen LogP) is 2.31. The van der Waals surface area contributed by atoms with Gasteiger partial charge in [0.25, 0.3) is 0 Å². The van der Waals surface area contributed by atoms with Crippen molar-refractivity contribution in [3.05, 3.63) is 46.8 Å². The molecule has 5 heteroatoms. The number of benzene rings is 1. The van der Waals surface area contributed by atoms with Crippen LogP contribution in [0.4, 0.5) is 0 Å². The summed E-state index contributed by atoms with van der Waals surface area (Å²) >= 11 is 0. The molecule has 0 spiro atoms. The summed E-state index contributed by atoms with van der Waals surface area (Å²) in [4.78, 5) is 11.1. The van der Waals surface area contributed by atoms with Crippen molar-refractivity contribution in [2.24, 2.45) is 7.05 Å². The van der Waals surface area contributed by atoms with Crippen molar-refractivity contribution in [3.63, 3.8) is 0 Å². The Morgan fingerprint density at radius 1 is 1.37 bits per heavy atom. The van der Waals surface area contributed by atoms with E-state index < -0.39 is 5.97 Å². The second kappa shape index (κ2) is 5.14. The first kappa shape index (κ1) is 13.1. The quantitative estimate of drug-likeness (QED) is 0.916. The normalized spacial score (nSPS) is 10.5. The standard InChI is InChI=1S/C14H16N2O3/c1-9-13(10(2)16(3)15-9)19-8-11-6-4-5-7-12(11)14(17)18/h4-7H,8H2,1-3H3,(H,17,18). The number of aryl methyl sites for hydroxylation is 2. The number of hydrogen-bond donors (Lipinski definition) is 1. The van der Waals surface area contributed by atoms with Crippen molar-refractivity contribution in [1.82, 2.24) is 9.78 Å². The molecule has 100 valence electrons. The number of aromatic carboxylic acids is 1. The average Bonchev–Trinajstić information content (AvgIpc) is 2.61. The van der Waals surface area contributed by atoms with Gasteiger partial charge in [0.1, 0.15) is 12.3 Å². The van der Waals surface area contributed by atoms with Gasteiger partial charge in [-0.2, -0.15) is 5.10 Å². The lowest BCUT2D eigenvalue weighted by Crippen LogP contribution is -2.06. The first-order chi connectivity index (χ1) is 9.00. The van der Waals surface area contributed by atoms with Crippen molar-refractivity contribution in [3.8, 4) is 5.75 Å². The topological polar surface area (TPSA) is 64.4 Å². The molecule has 0 unspecified atom stereocenters. The number of carbonyl (C=O) groups is 1. The monoisotopic (exact) mass is 260 g/mol. The van der Waals surface area contributed by atoms with Crippen molar-refractivity contribution >= 4 is 5.97 Å². The van der Waals surface area contributed by atoms with Crippen LogP contribution in [-0.2, 0) is 13.7 Å². The van der Waals surface area contributed by atoms with E-state index in [1.165, 1.54) is 0 Å². The Morgan fingerprint density at radius 2 is 2.05 bits per heavy atom. The van der Waals surface area contributed by atoms with Gasteiger partial charge in [0.2, 0.25) is 0 Å². The lowest BCUT2D eigenvalue weighted by atomic mass is 10.1. The molecule has 0 amide bonds. The Kier molecular flexibility index (Phi) is 3.55. The van der Waals surface area contributed by atoms with Gasteiger partial charge in [-0.15, -0.1) is 0 Å². The molecule has 0 aliphatic heterocycles. The summed E-state index contributed by atoms with van der Waals surface area (Å²) < 4.78 is 7.46. The van der Waals surface area contributed by atoms with Gasteiger partial charge in [0, 0.05) is 12.6 Å². The molecule has 0 saturated heterocycles. The van der Waals surface area contributed by atoms with Crippen molar-refractivity contribution in [2.45, 2.75) is 20.5 Å². The molecule has 1 aromatic carbocycles. The molecule has 2 aromatic rings. The lowest BCUT2D eigenvalue weighted by molar-refractivity contribution is 0.0694. The van der Waals surface area contributed by atoms with Crippen LogP contribution < -0.4 is 4.74 Å². The maximum absolute atomic E-state index is 11.1. The fraction of sp³-hybridized carbons (Fsp3) is 0.286. The molecule has 0 aliphatic rings. The van der Waals surface area contributed by atoms with Crippen LogP contribution in [0.5, 0.6) is 5.75 Å². The minimum Gasteiger partial charge on any atom is -0.485 e. The van der Waals surface area contributed by atoms with Gasteiger partial charge in [-0.25, -0.2) is 4.79 Å². The number of carboxylic acids is 1. The summed E-state index contributed by atoms with van der Waals surface area (Å²) in [6, 6.07) is 6.83. The molecule has 0 saturated carbocycles. The molecule has 0 radical (unpaired) electrons. The summed E-state index contributed by atoms with van der Waals surface area (Å²) in [5.41, 5.74) is 2.64. The highest BCUT2D eigenvalue weighted by atomic mass is 16.5. The van der Waals surface area contributed by atoms with E-state index >= 15 is 0 Å². The first-order valence-electron chi connectivity index (χ1n) is 5.95. The fourth-order valence-electron chi connectivity index (χ4n) is 1.97. The number of ether oxygens (including phenoxy) is 1. The van der Waals surface area contributed by atoms with Gasteiger partial charge in [0.15, 0.2) is 5.75 Å². The van der Waals surface area contributed by atoms with E-state index in [9.17, 15) is 4.79 Å². The Hall–Kier alpha value is -2.30. The Balaban J connectivity index is 2.22. The molecule has 2 rings (SSSR count). The number of carboxylic acid groups (broad SMARTS) is 1. The molecule has 0 atom stereocenters. The van der Waals surface area contributed by atoms with Gasteiger partial charge in [0.05, 0.1) is 11.3 Å². The molecule has 0 bridgehead atoms. The lowest BCUT2D eigenvalue weighted by Gasteiger charge is -2.09. The van der Waals surface area contributed by atoms with Crippen LogP contribution in [0.3, 0.4) is 0 Å². The van der Waals surface area contributed by atoms with Gasteiger partial charge in [-0.1, -0.05) is 18.2 Å². The zero-order valence-corrected chi connectivity index (χ0v) is 11.2. The second-order valence-corrected chi connectivity index (χ2v) is 4.37. The van der Waals surface area contributed by atoms with Gasteiger partial charge in [-0.3, -0.25) is 4.68 Å². The molecule has 0 aliphatic carbocycles. The molecule has 1 aromatic heterocycles. The highest BCUT2D eigenvalue weighted by Crippen LogP contribution is 2.23. The smallest absolute Gasteiger partial charge is 0.336 e. The molecule has 19 heavy (non-hydrogen) atoms. The fourth-order valence-corrected chi connectivity index (χ4v) is 1.97. The summed E-state index contributed by atoms with van der Waals surface area (Å²) in [6.07, 6.45) is 0. The van der Waals surface area contributed by atoms with Gasteiger partial charge >= 0.3 is 5.97 Å². The molecule has 1 heterocycles. The van der Waals surface area contributed by atoms with Crippen LogP contribution in [0.1, 0.15) is 27.3 Å². The van der Waals surface area contributed by atoms with E-state index in [0.29, 0.717) is 11.3 Å². The SMILES string of the molecule is Cc1nn(C)c(C)c1OCc1ccccc1C(=O)O. The predicted molar refractivity (Wildman–Crippen MR) is 70.4 cm³/mol. The average molecular weight is 260 g/mol. The summed E-state index contributed by atoms with van der Waals surface area (Å²) in [6.45, 7) is 4.00. The number of rotatable bonds is 4. The van der Waals surface area contributed by atoms with E-state index in [0.717, 1.165) is 11.4 Å². The Labute approximate surface area is 111 Å². The highest BCUT2D eigenvalue weighted by Gasteiger charge is 2.13. The third kappa shape index (κ3) is 2.59. The summed E-state index contributed by atoms with van der Waals surface area (Å²) in [7, 11) is 1.85. The first-order valence-corrected chi connectivity index (χ1v) is 5.95. The van der Waals surface area contributed by atoms with Gasteiger partial charge in [-0.05, 0) is 19.9 Å². The highest BCUT2D eigenvalue weighted by molar-refractivity contribution is 5.89. The van der Waals surface area contributed by atoms with E-state index in [-0.39, 0.29) is 12.2 Å². The maximum Gasteiger partial charge on any atom is 0.336 e. The minimum absolute atomic E-state index is 0.218. The molecule has 5 nitrogen and oxygen atoms in total.